The zero-order chi connectivity index (χ0) is 11.5. The van der Waals surface area contributed by atoms with E-state index in [0.29, 0.717) is 6.42 Å². The number of hydrogen-bond donors (Lipinski definition) is 4. The van der Waals surface area contributed by atoms with E-state index in [0.717, 1.165) is 19.4 Å². The van der Waals surface area contributed by atoms with Gasteiger partial charge in [-0.3, -0.25) is 0 Å². The number of aliphatic hydroxyl groups is 1. The van der Waals surface area contributed by atoms with E-state index in [1.807, 2.05) is 0 Å². The van der Waals surface area contributed by atoms with Gasteiger partial charge in [0.1, 0.15) is 0 Å². The molecule has 0 saturated carbocycles. The Morgan fingerprint density at radius 2 is 1.93 bits per heavy atom. The van der Waals surface area contributed by atoms with E-state index in [1.165, 1.54) is 0 Å². The number of nitrogens with one attached hydrogen (secondary N) is 1. The molecule has 1 heterocycles. The number of carboxylic acid groups (broad SMARTS) is 2. The van der Waals surface area contributed by atoms with E-state index in [1.54, 1.807) is 0 Å². The molecule has 1 unspecified atom stereocenters. The van der Waals surface area contributed by atoms with Crippen LogP contribution in [0.25, 0.3) is 0 Å². The Kier molecular flexibility index (Phi) is 3.65. The first kappa shape index (κ1) is 11.9. The molecule has 1 saturated heterocycles. The Hall–Kier alpha value is -1.14. The standard InChI is InChI=1S/C9H15NO5/c11-7(12)9(15,8(13)14)4-3-6-2-1-5-10-6/h6,10,15H,1-5H2,(H,11,12)(H,13,14). The molecule has 15 heavy (non-hydrogen) atoms. The summed E-state index contributed by atoms with van der Waals surface area (Å²) in [4.78, 5) is 21.2. The topological polar surface area (TPSA) is 107 Å². The number of carbonyl (C=O) groups is 2. The fourth-order valence-corrected chi connectivity index (χ4v) is 1.69. The molecule has 1 aliphatic rings. The Bertz CT molecular complexity index is 245. The molecule has 0 spiro atoms. The van der Waals surface area contributed by atoms with Crippen LogP contribution in [0, 0.1) is 0 Å². The van der Waals surface area contributed by atoms with Crippen molar-refractivity contribution in [2.75, 3.05) is 6.54 Å². The minimum atomic E-state index is -2.65. The SMILES string of the molecule is O=C(O)C(O)(CCC1CCCN1)C(=O)O. The van der Waals surface area contributed by atoms with Crippen LogP contribution in [0.2, 0.25) is 0 Å². The summed E-state index contributed by atoms with van der Waals surface area (Å²) < 4.78 is 0. The summed E-state index contributed by atoms with van der Waals surface area (Å²) in [7, 11) is 0. The van der Waals surface area contributed by atoms with Gasteiger partial charge >= 0.3 is 11.9 Å². The molecule has 0 bridgehead atoms. The van der Waals surface area contributed by atoms with Crippen molar-refractivity contribution in [1.29, 1.82) is 0 Å². The summed E-state index contributed by atoms with van der Waals surface area (Å²) in [6, 6.07) is 0.121. The van der Waals surface area contributed by atoms with Gasteiger partial charge in [-0.1, -0.05) is 0 Å². The van der Waals surface area contributed by atoms with Crippen molar-refractivity contribution in [3.63, 3.8) is 0 Å². The number of carboxylic acids is 2. The Morgan fingerprint density at radius 1 is 1.33 bits per heavy atom. The molecule has 0 aliphatic carbocycles. The second-order valence-corrected chi connectivity index (χ2v) is 3.80. The van der Waals surface area contributed by atoms with Gasteiger partial charge in [-0.15, -0.1) is 0 Å². The van der Waals surface area contributed by atoms with Crippen LogP contribution in [0.3, 0.4) is 0 Å². The van der Waals surface area contributed by atoms with Crippen molar-refractivity contribution >= 4 is 11.9 Å². The maximum absolute atomic E-state index is 10.6. The van der Waals surface area contributed by atoms with Crippen molar-refractivity contribution in [2.45, 2.75) is 37.3 Å². The maximum atomic E-state index is 10.6. The lowest BCUT2D eigenvalue weighted by Crippen LogP contribution is -2.47. The molecule has 4 N–H and O–H groups in total. The molecule has 0 aromatic heterocycles. The molecular weight excluding hydrogens is 202 g/mol. The zero-order valence-electron chi connectivity index (χ0n) is 8.27. The van der Waals surface area contributed by atoms with Gasteiger partial charge in [0.15, 0.2) is 0 Å². The quantitative estimate of drug-likeness (QED) is 0.459. The Morgan fingerprint density at radius 3 is 2.33 bits per heavy atom. The van der Waals surface area contributed by atoms with Gasteiger partial charge in [0, 0.05) is 6.04 Å². The average molecular weight is 217 g/mol. The average Bonchev–Trinajstić information content (AvgIpc) is 2.65. The predicted octanol–water partition coefficient (Wildman–Crippen LogP) is -0.581. The minimum absolute atomic E-state index is 0.121. The van der Waals surface area contributed by atoms with Gasteiger partial charge in [-0.05, 0) is 32.2 Å². The van der Waals surface area contributed by atoms with Crippen molar-refractivity contribution in [3.8, 4) is 0 Å². The second kappa shape index (κ2) is 4.59. The van der Waals surface area contributed by atoms with E-state index < -0.39 is 17.5 Å². The van der Waals surface area contributed by atoms with Gasteiger partial charge in [0.05, 0.1) is 0 Å². The van der Waals surface area contributed by atoms with Crippen LogP contribution < -0.4 is 5.32 Å². The van der Waals surface area contributed by atoms with E-state index in [4.69, 9.17) is 10.2 Å². The third-order valence-electron chi connectivity index (χ3n) is 2.72. The lowest BCUT2D eigenvalue weighted by atomic mass is 9.95. The molecule has 0 aromatic rings. The molecule has 1 atom stereocenters. The Balaban J connectivity index is 2.51. The van der Waals surface area contributed by atoms with Gasteiger partial charge in [0.25, 0.3) is 5.60 Å². The first-order valence-corrected chi connectivity index (χ1v) is 4.89. The monoisotopic (exact) mass is 217 g/mol. The molecular formula is C9H15NO5. The smallest absolute Gasteiger partial charge is 0.347 e. The molecule has 1 aliphatic heterocycles. The van der Waals surface area contributed by atoms with E-state index in [9.17, 15) is 14.7 Å². The van der Waals surface area contributed by atoms with Crippen LogP contribution in [-0.4, -0.2) is 45.4 Å². The molecule has 86 valence electrons. The van der Waals surface area contributed by atoms with E-state index in [-0.39, 0.29) is 12.5 Å². The maximum Gasteiger partial charge on any atom is 0.347 e. The van der Waals surface area contributed by atoms with Crippen LogP contribution in [-0.2, 0) is 9.59 Å². The van der Waals surface area contributed by atoms with Crippen LogP contribution in [0.5, 0.6) is 0 Å². The van der Waals surface area contributed by atoms with Crippen LogP contribution in [0.4, 0.5) is 0 Å². The summed E-state index contributed by atoms with van der Waals surface area (Å²) in [5.41, 5.74) is -2.65. The second-order valence-electron chi connectivity index (χ2n) is 3.80. The van der Waals surface area contributed by atoms with Gasteiger partial charge in [-0.2, -0.15) is 0 Å². The molecule has 1 fully saturated rings. The van der Waals surface area contributed by atoms with Crippen LogP contribution in [0.1, 0.15) is 25.7 Å². The molecule has 0 aromatic carbocycles. The molecule has 6 nitrogen and oxygen atoms in total. The van der Waals surface area contributed by atoms with Gasteiger partial charge in [0.2, 0.25) is 0 Å². The molecule has 6 heteroatoms. The normalized spacial score (nSPS) is 21.5. The third-order valence-corrected chi connectivity index (χ3v) is 2.72. The van der Waals surface area contributed by atoms with Crippen LogP contribution in [0.15, 0.2) is 0 Å². The largest absolute Gasteiger partial charge is 0.479 e. The zero-order valence-corrected chi connectivity index (χ0v) is 8.27. The highest BCUT2D eigenvalue weighted by Gasteiger charge is 2.44. The lowest BCUT2D eigenvalue weighted by molar-refractivity contribution is -0.176. The molecule has 0 amide bonds. The lowest BCUT2D eigenvalue weighted by Gasteiger charge is -2.20. The number of rotatable bonds is 5. The third kappa shape index (κ3) is 2.66. The number of hydrogen-bond acceptors (Lipinski definition) is 4. The van der Waals surface area contributed by atoms with Gasteiger partial charge < -0.3 is 20.6 Å². The first-order chi connectivity index (χ1) is 6.97. The summed E-state index contributed by atoms with van der Waals surface area (Å²) in [5, 5.41) is 29.8. The predicted molar refractivity (Wildman–Crippen MR) is 50.5 cm³/mol. The molecule has 0 radical (unpaired) electrons. The highest BCUT2D eigenvalue weighted by Crippen LogP contribution is 2.19. The van der Waals surface area contributed by atoms with Crippen molar-refractivity contribution in [3.05, 3.63) is 0 Å². The summed E-state index contributed by atoms with van der Waals surface area (Å²) >= 11 is 0. The van der Waals surface area contributed by atoms with Crippen LogP contribution >= 0.6 is 0 Å². The Labute approximate surface area is 86.9 Å². The fourth-order valence-electron chi connectivity index (χ4n) is 1.69. The summed E-state index contributed by atoms with van der Waals surface area (Å²) in [6.45, 7) is 0.864. The summed E-state index contributed by atoms with van der Waals surface area (Å²) in [6.07, 6.45) is 1.99. The first-order valence-electron chi connectivity index (χ1n) is 4.89. The van der Waals surface area contributed by atoms with Crippen molar-refractivity contribution in [2.24, 2.45) is 0 Å². The molecule has 1 rings (SSSR count). The minimum Gasteiger partial charge on any atom is -0.479 e. The van der Waals surface area contributed by atoms with Crippen molar-refractivity contribution in [1.82, 2.24) is 5.32 Å². The van der Waals surface area contributed by atoms with Gasteiger partial charge in [-0.25, -0.2) is 9.59 Å². The van der Waals surface area contributed by atoms with E-state index in [2.05, 4.69) is 5.32 Å². The fraction of sp³-hybridized carbons (Fsp3) is 0.778. The summed E-state index contributed by atoms with van der Waals surface area (Å²) in [5.74, 6) is -3.40. The van der Waals surface area contributed by atoms with Crippen molar-refractivity contribution < 1.29 is 24.9 Å². The number of aliphatic carboxylic acids is 2. The highest BCUT2D eigenvalue weighted by molar-refractivity contribution is 6.01. The van der Waals surface area contributed by atoms with E-state index >= 15 is 0 Å². The highest BCUT2D eigenvalue weighted by atomic mass is 16.4.